The van der Waals surface area contributed by atoms with Gasteiger partial charge in [0.1, 0.15) is 0 Å². The van der Waals surface area contributed by atoms with Crippen LogP contribution in [0.4, 0.5) is 0 Å². The molecule has 0 radical (unpaired) electrons. The first-order chi connectivity index (χ1) is 12.8. The van der Waals surface area contributed by atoms with Crippen molar-refractivity contribution in [2.45, 2.75) is 51.0 Å². The Balaban J connectivity index is 1.55. The molecule has 1 aromatic rings. The number of benzene rings is 1. The van der Waals surface area contributed by atoms with Crippen LogP contribution in [0.3, 0.4) is 0 Å². The van der Waals surface area contributed by atoms with Crippen molar-refractivity contribution in [3.05, 3.63) is 23.8 Å². The van der Waals surface area contributed by atoms with Gasteiger partial charge in [-0.2, -0.15) is 0 Å². The van der Waals surface area contributed by atoms with Crippen molar-refractivity contribution in [1.29, 1.82) is 0 Å². The van der Waals surface area contributed by atoms with Gasteiger partial charge in [0.2, 0.25) is 0 Å². The highest BCUT2D eigenvalue weighted by molar-refractivity contribution is 5.95. The molecule has 26 heavy (non-hydrogen) atoms. The fourth-order valence-electron chi connectivity index (χ4n) is 4.26. The molecule has 5 nitrogen and oxygen atoms in total. The van der Waals surface area contributed by atoms with E-state index in [1.807, 2.05) is 18.2 Å². The molecule has 1 saturated heterocycles. The van der Waals surface area contributed by atoms with Crippen LogP contribution in [0.1, 0.15) is 55.3 Å². The van der Waals surface area contributed by atoms with Gasteiger partial charge in [-0.25, -0.2) is 0 Å². The summed E-state index contributed by atoms with van der Waals surface area (Å²) in [6.45, 7) is 3.70. The highest BCUT2D eigenvalue weighted by Crippen LogP contribution is 2.32. The third-order valence-electron chi connectivity index (χ3n) is 5.75. The third-order valence-corrected chi connectivity index (χ3v) is 5.75. The molecular formula is C21H29NO4. The number of carbonyl (C=O) groups excluding carboxylic acids is 1. The van der Waals surface area contributed by atoms with Crippen molar-refractivity contribution >= 4 is 5.91 Å². The first kappa shape index (κ1) is 17.7. The number of amides is 1. The number of nitrogens with zero attached hydrogens (tertiary/aromatic N) is 1. The van der Waals surface area contributed by atoms with Gasteiger partial charge in [0.05, 0.1) is 19.8 Å². The van der Waals surface area contributed by atoms with Gasteiger partial charge < -0.3 is 19.1 Å². The molecule has 5 heteroatoms. The molecular weight excluding hydrogens is 330 g/mol. The second-order valence-electron chi connectivity index (χ2n) is 7.69. The standard InChI is InChI=1S/C21H29NO4/c23-21(17-7-8-19-20(13-17)26-11-4-10-25-19)22(14-16-9-12-24-15-16)18-5-2-1-3-6-18/h7-8,13,16,18H,1-6,9-12,14-15H2/t16-/m1/s1. The fraction of sp³-hybridized carbons (Fsp3) is 0.667. The van der Waals surface area contributed by atoms with E-state index in [0.717, 1.165) is 51.2 Å². The monoisotopic (exact) mass is 359 g/mol. The molecule has 1 aromatic carbocycles. The van der Waals surface area contributed by atoms with E-state index < -0.39 is 0 Å². The first-order valence-corrected chi connectivity index (χ1v) is 10.1. The molecule has 0 aromatic heterocycles. The average Bonchev–Trinajstić information content (AvgIpc) is 3.09. The molecule has 1 aliphatic carbocycles. The lowest BCUT2D eigenvalue weighted by Crippen LogP contribution is -2.44. The zero-order valence-corrected chi connectivity index (χ0v) is 15.5. The Labute approximate surface area is 155 Å². The minimum atomic E-state index is 0.124. The molecule has 3 aliphatic rings. The van der Waals surface area contributed by atoms with Gasteiger partial charge >= 0.3 is 0 Å². The third kappa shape index (κ3) is 3.98. The van der Waals surface area contributed by atoms with Gasteiger partial charge in [-0.05, 0) is 37.5 Å². The smallest absolute Gasteiger partial charge is 0.254 e. The Morgan fingerprint density at radius 3 is 2.54 bits per heavy atom. The second kappa shape index (κ2) is 8.30. The Kier molecular flexibility index (Phi) is 5.63. The average molecular weight is 359 g/mol. The Bertz CT molecular complexity index is 620. The maximum absolute atomic E-state index is 13.4. The minimum Gasteiger partial charge on any atom is -0.490 e. The van der Waals surface area contributed by atoms with Crippen molar-refractivity contribution in [2.24, 2.45) is 5.92 Å². The van der Waals surface area contributed by atoms with Crippen LogP contribution in [0.2, 0.25) is 0 Å². The number of carbonyl (C=O) groups is 1. The van der Waals surface area contributed by atoms with Crippen LogP contribution in [-0.4, -0.2) is 49.8 Å². The molecule has 2 heterocycles. The number of ether oxygens (including phenoxy) is 3. The lowest BCUT2D eigenvalue weighted by atomic mass is 9.92. The molecule has 1 saturated carbocycles. The number of fused-ring (bicyclic) bond motifs is 1. The van der Waals surface area contributed by atoms with Gasteiger partial charge in [0.15, 0.2) is 11.5 Å². The summed E-state index contributed by atoms with van der Waals surface area (Å²) in [5.41, 5.74) is 0.707. The molecule has 0 bridgehead atoms. The quantitative estimate of drug-likeness (QED) is 0.823. The second-order valence-corrected chi connectivity index (χ2v) is 7.69. The summed E-state index contributed by atoms with van der Waals surface area (Å²) in [6.07, 6.45) is 7.88. The van der Waals surface area contributed by atoms with Gasteiger partial charge in [0, 0.05) is 37.1 Å². The maximum atomic E-state index is 13.4. The molecule has 2 fully saturated rings. The van der Waals surface area contributed by atoms with E-state index in [1.54, 1.807) is 0 Å². The van der Waals surface area contributed by atoms with E-state index >= 15 is 0 Å². The van der Waals surface area contributed by atoms with Gasteiger partial charge in [-0.15, -0.1) is 0 Å². The molecule has 0 N–H and O–H groups in total. The highest BCUT2D eigenvalue weighted by atomic mass is 16.5. The van der Waals surface area contributed by atoms with Crippen LogP contribution >= 0.6 is 0 Å². The molecule has 4 rings (SSSR count). The van der Waals surface area contributed by atoms with Gasteiger partial charge in [-0.3, -0.25) is 4.79 Å². The van der Waals surface area contributed by atoms with Crippen molar-refractivity contribution in [3.63, 3.8) is 0 Å². The van der Waals surface area contributed by atoms with Crippen molar-refractivity contribution in [1.82, 2.24) is 4.90 Å². The zero-order chi connectivity index (χ0) is 17.8. The fourth-order valence-corrected chi connectivity index (χ4v) is 4.26. The Morgan fingerprint density at radius 1 is 0.962 bits per heavy atom. The lowest BCUT2D eigenvalue weighted by molar-refractivity contribution is 0.0582. The number of rotatable bonds is 4. The van der Waals surface area contributed by atoms with Crippen LogP contribution in [-0.2, 0) is 4.74 Å². The van der Waals surface area contributed by atoms with E-state index in [-0.39, 0.29) is 5.91 Å². The molecule has 1 amide bonds. The van der Waals surface area contributed by atoms with E-state index in [0.29, 0.717) is 36.5 Å². The summed E-state index contributed by atoms with van der Waals surface area (Å²) in [4.78, 5) is 15.5. The molecule has 2 aliphatic heterocycles. The lowest BCUT2D eigenvalue weighted by Gasteiger charge is -2.36. The van der Waals surface area contributed by atoms with Gasteiger partial charge in [0.25, 0.3) is 5.91 Å². The minimum absolute atomic E-state index is 0.124. The predicted octanol–water partition coefficient (Wildman–Crippen LogP) is 3.66. The van der Waals surface area contributed by atoms with Crippen molar-refractivity contribution in [3.8, 4) is 11.5 Å². The van der Waals surface area contributed by atoms with Crippen molar-refractivity contribution < 1.29 is 19.0 Å². The largest absolute Gasteiger partial charge is 0.490 e. The van der Waals surface area contributed by atoms with E-state index in [4.69, 9.17) is 14.2 Å². The first-order valence-electron chi connectivity index (χ1n) is 10.1. The predicted molar refractivity (Wildman–Crippen MR) is 98.9 cm³/mol. The summed E-state index contributed by atoms with van der Waals surface area (Å²) >= 11 is 0. The molecule has 0 spiro atoms. The summed E-state index contributed by atoms with van der Waals surface area (Å²) < 4.78 is 17.0. The van der Waals surface area contributed by atoms with E-state index in [9.17, 15) is 4.79 Å². The summed E-state index contributed by atoms with van der Waals surface area (Å²) in [6, 6.07) is 5.99. The molecule has 142 valence electrons. The number of hydrogen-bond donors (Lipinski definition) is 0. The van der Waals surface area contributed by atoms with E-state index in [1.165, 1.54) is 19.3 Å². The normalized spacial score (nSPS) is 23.5. The SMILES string of the molecule is O=C(c1ccc2c(c1)OCCCO2)N(C[C@H]1CCOC1)C1CCCCC1. The summed E-state index contributed by atoms with van der Waals surface area (Å²) in [7, 11) is 0. The van der Waals surface area contributed by atoms with Crippen molar-refractivity contribution in [2.75, 3.05) is 33.0 Å². The van der Waals surface area contributed by atoms with Gasteiger partial charge in [-0.1, -0.05) is 19.3 Å². The Hall–Kier alpha value is -1.75. The van der Waals surface area contributed by atoms with Crippen LogP contribution in [0, 0.1) is 5.92 Å². The van der Waals surface area contributed by atoms with Crippen LogP contribution in [0.25, 0.3) is 0 Å². The molecule has 0 unspecified atom stereocenters. The summed E-state index contributed by atoms with van der Waals surface area (Å²) in [5.74, 6) is 2.02. The van der Waals surface area contributed by atoms with Crippen LogP contribution < -0.4 is 9.47 Å². The topological polar surface area (TPSA) is 48.0 Å². The van der Waals surface area contributed by atoms with Crippen LogP contribution in [0.5, 0.6) is 11.5 Å². The Morgan fingerprint density at radius 2 is 1.77 bits per heavy atom. The van der Waals surface area contributed by atoms with Crippen LogP contribution in [0.15, 0.2) is 18.2 Å². The highest BCUT2D eigenvalue weighted by Gasteiger charge is 2.30. The molecule has 1 atom stereocenters. The van der Waals surface area contributed by atoms with E-state index in [2.05, 4.69) is 4.90 Å². The zero-order valence-electron chi connectivity index (χ0n) is 15.5. The maximum Gasteiger partial charge on any atom is 0.254 e. The summed E-state index contributed by atoms with van der Waals surface area (Å²) in [5, 5.41) is 0. The number of hydrogen-bond acceptors (Lipinski definition) is 4.